The first-order valence-corrected chi connectivity index (χ1v) is 11.2. The molecule has 2 fully saturated rings. The molecule has 2 heterocycles. The minimum absolute atomic E-state index is 0.0359. The normalized spacial score (nSPS) is 24.3. The predicted octanol–water partition coefficient (Wildman–Crippen LogP) is 2.12. The summed E-state index contributed by atoms with van der Waals surface area (Å²) >= 11 is 0. The van der Waals surface area contributed by atoms with Crippen LogP contribution in [-0.2, 0) is 16.3 Å². The Kier molecular flexibility index (Phi) is 6.39. The summed E-state index contributed by atoms with van der Waals surface area (Å²) in [6, 6.07) is 3.80. The van der Waals surface area contributed by atoms with Crippen molar-refractivity contribution < 1.29 is 12.8 Å². The van der Waals surface area contributed by atoms with Crippen LogP contribution in [0.1, 0.15) is 44.3 Å². The smallest absolute Gasteiger partial charge is 0.191 e. The molecule has 0 bridgehead atoms. The number of hydrogen-bond acceptors (Lipinski definition) is 4. The van der Waals surface area contributed by atoms with Crippen molar-refractivity contribution >= 4 is 15.8 Å². The predicted molar refractivity (Wildman–Crippen MR) is 99.5 cm³/mol. The first kappa shape index (κ1) is 18.3. The monoisotopic (exact) mass is 367 g/mol. The molecule has 1 saturated heterocycles. The Bertz CT molecular complexity index is 649. The Morgan fingerprint density at radius 2 is 2.08 bits per heavy atom. The molecular formula is C18H29N3O3S. The summed E-state index contributed by atoms with van der Waals surface area (Å²) < 4.78 is 28.7. The second-order valence-corrected chi connectivity index (χ2v) is 9.42. The average Bonchev–Trinajstić information content (AvgIpc) is 3.23. The lowest BCUT2D eigenvalue weighted by atomic mass is 9.89. The van der Waals surface area contributed by atoms with E-state index in [2.05, 4.69) is 10.6 Å². The van der Waals surface area contributed by atoms with Crippen LogP contribution in [0.5, 0.6) is 0 Å². The Morgan fingerprint density at radius 3 is 2.76 bits per heavy atom. The molecule has 1 unspecified atom stereocenters. The Hall–Kier alpha value is -1.50. The minimum Gasteiger partial charge on any atom is -0.469 e. The zero-order chi connectivity index (χ0) is 17.5. The number of rotatable bonds is 6. The number of furan rings is 1. The summed E-state index contributed by atoms with van der Waals surface area (Å²) in [5.41, 5.74) is 0. The van der Waals surface area contributed by atoms with Gasteiger partial charge in [-0.1, -0.05) is 19.3 Å². The highest BCUT2D eigenvalue weighted by Gasteiger charge is 2.28. The van der Waals surface area contributed by atoms with Crippen LogP contribution in [0, 0.1) is 5.92 Å². The quantitative estimate of drug-likeness (QED) is 0.594. The zero-order valence-corrected chi connectivity index (χ0v) is 15.6. The van der Waals surface area contributed by atoms with Crippen molar-refractivity contribution in [1.29, 1.82) is 0 Å². The number of hydrogen-bond donors (Lipinski definition) is 2. The molecule has 0 spiro atoms. The van der Waals surface area contributed by atoms with E-state index < -0.39 is 9.84 Å². The minimum atomic E-state index is -2.89. The van der Waals surface area contributed by atoms with Gasteiger partial charge >= 0.3 is 0 Å². The van der Waals surface area contributed by atoms with Gasteiger partial charge in [0.05, 0.1) is 17.8 Å². The summed E-state index contributed by atoms with van der Waals surface area (Å²) in [6.07, 6.45) is 9.56. The maximum Gasteiger partial charge on any atom is 0.191 e. The fraction of sp³-hybridized carbons (Fsp3) is 0.722. The number of guanidine groups is 1. The maximum atomic E-state index is 11.7. The van der Waals surface area contributed by atoms with Crippen molar-refractivity contribution in [2.75, 3.05) is 24.6 Å². The van der Waals surface area contributed by atoms with Crippen LogP contribution in [0.3, 0.4) is 0 Å². The van der Waals surface area contributed by atoms with Gasteiger partial charge in [0.1, 0.15) is 5.76 Å². The second-order valence-electron chi connectivity index (χ2n) is 7.19. The summed E-state index contributed by atoms with van der Waals surface area (Å²) in [7, 11) is -2.89. The summed E-state index contributed by atoms with van der Waals surface area (Å²) in [5, 5.41) is 6.66. The molecule has 2 aliphatic rings. The lowest BCUT2D eigenvalue weighted by molar-refractivity contribution is 0.366. The molecule has 140 valence electrons. The van der Waals surface area contributed by atoms with Crippen molar-refractivity contribution in [3.8, 4) is 0 Å². The van der Waals surface area contributed by atoms with Gasteiger partial charge in [-0.25, -0.2) is 8.42 Å². The zero-order valence-electron chi connectivity index (χ0n) is 14.7. The third-order valence-corrected chi connectivity index (χ3v) is 6.82. The molecule has 1 aromatic heterocycles. The Morgan fingerprint density at radius 1 is 1.24 bits per heavy atom. The van der Waals surface area contributed by atoms with Crippen molar-refractivity contribution in [2.24, 2.45) is 10.9 Å². The number of nitrogens with zero attached hydrogens (tertiary/aromatic N) is 1. The molecule has 1 aromatic rings. The molecule has 3 rings (SSSR count). The van der Waals surface area contributed by atoms with E-state index in [0.29, 0.717) is 18.9 Å². The van der Waals surface area contributed by atoms with Crippen LogP contribution >= 0.6 is 0 Å². The highest BCUT2D eigenvalue weighted by atomic mass is 32.2. The van der Waals surface area contributed by atoms with Crippen LogP contribution in [0.25, 0.3) is 0 Å². The van der Waals surface area contributed by atoms with Crippen LogP contribution in [0.2, 0.25) is 0 Å². The largest absolute Gasteiger partial charge is 0.469 e. The van der Waals surface area contributed by atoms with Crippen LogP contribution in [-0.4, -0.2) is 45.0 Å². The SMILES string of the molecule is O=S1(=O)CCC(NC(=NCC2CCCCC2)NCCc2ccco2)C1. The summed E-state index contributed by atoms with van der Waals surface area (Å²) in [4.78, 5) is 4.75. The fourth-order valence-corrected chi connectivity index (χ4v) is 5.28. The molecule has 0 radical (unpaired) electrons. The lowest BCUT2D eigenvalue weighted by Gasteiger charge is -2.21. The number of aliphatic imine (C=N–C) groups is 1. The molecular weight excluding hydrogens is 338 g/mol. The molecule has 1 saturated carbocycles. The molecule has 1 atom stereocenters. The highest BCUT2D eigenvalue weighted by molar-refractivity contribution is 7.91. The van der Waals surface area contributed by atoms with Gasteiger partial charge in [0.25, 0.3) is 0 Å². The standard InChI is InChI=1S/C18H29N3O3S/c22-25(23)12-9-16(14-25)21-18(19-10-8-17-7-4-11-24-17)20-13-15-5-2-1-3-6-15/h4,7,11,15-16H,1-3,5-6,8-10,12-14H2,(H2,19,20,21). The van der Waals surface area contributed by atoms with Gasteiger partial charge in [-0.3, -0.25) is 4.99 Å². The molecule has 7 heteroatoms. The second kappa shape index (κ2) is 8.74. The molecule has 2 N–H and O–H groups in total. The van der Waals surface area contributed by atoms with E-state index in [4.69, 9.17) is 9.41 Å². The van der Waals surface area contributed by atoms with E-state index in [1.54, 1.807) is 6.26 Å². The lowest BCUT2D eigenvalue weighted by Crippen LogP contribution is -2.45. The van der Waals surface area contributed by atoms with Crippen molar-refractivity contribution in [3.63, 3.8) is 0 Å². The van der Waals surface area contributed by atoms with Crippen molar-refractivity contribution in [1.82, 2.24) is 10.6 Å². The van der Waals surface area contributed by atoms with Crippen molar-refractivity contribution in [3.05, 3.63) is 24.2 Å². The van der Waals surface area contributed by atoms with E-state index in [-0.39, 0.29) is 17.5 Å². The molecule has 25 heavy (non-hydrogen) atoms. The summed E-state index contributed by atoms with van der Waals surface area (Å²) in [5.74, 6) is 2.80. The number of nitrogens with one attached hydrogen (secondary N) is 2. The van der Waals surface area contributed by atoms with E-state index in [1.165, 1.54) is 32.1 Å². The van der Waals surface area contributed by atoms with Gasteiger partial charge in [-0.05, 0) is 37.3 Å². The average molecular weight is 368 g/mol. The fourth-order valence-electron chi connectivity index (χ4n) is 3.60. The third-order valence-electron chi connectivity index (χ3n) is 5.05. The van der Waals surface area contributed by atoms with Crippen LogP contribution in [0.4, 0.5) is 0 Å². The maximum absolute atomic E-state index is 11.7. The molecule has 0 aromatic carbocycles. The van der Waals surface area contributed by atoms with Gasteiger partial charge in [-0.2, -0.15) is 0 Å². The number of sulfone groups is 1. The Labute approximate surface area is 150 Å². The van der Waals surface area contributed by atoms with Gasteiger partial charge in [0, 0.05) is 25.6 Å². The third kappa shape index (κ3) is 6.06. The van der Waals surface area contributed by atoms with Crippen LogP contribution in [0.15, 0.2) is 27.8 Å². The molecule has 1 aliphatic heterocycles. The van der Waals surface area contributed by atoms with Crippen LogP contribution < -0.4 is 10.6 Å². The van der Waals surface area contributed by atoms with E-state index in [1.807, 2.05) is 12.1 Å². The van der Waals surface area contributed by atoms with Gasteiger partial charge in [-0.15, -0.1) is 0 Å². The summed E-state index contributed by atoms with van der Waals surface area (Å²) in [6.45, 7) is 1.53. The highest BCUT2D eigenvalue weighted by Crippen LogP contribution is 2.23. The topological polar surface area (TPSA) is 83.7 Å². The van der Waals surface area contributed by atoms with Gasteiger partial charge < -0.3 is 15.1 Å². The molecule has 1 aliphatic carbocycles. The van der Waals surface area contributed by atoms with Crippen molar-refractivity contribution in [2.45, 2.75) is 51.0 Å². The molecule has 6 nitrogen and oxygen atoms in total. The first-order valence-electron chi connectivity index (χ1n) is 9.38. The first-order chi connectivity index (χ1) is 12.1. The molecule has 0 amide bonds. The van der Waals surface area contributed by atoms with E-state index >= 15 is 0 Å². The Balaban J connectivity index is 1.54. The van der Waals surface area contributed by atoms with Gasteiger partial charge in [0.2, 0.25) is 0 Å². The van der Waals surface area contributed by atoms with E-state index in [9.17, 15) is 8.42 Å². The van der Waals surface area contributed by atoms with Gasteiger partial charge in [0.15, 0.2) is 15.8 Å². The van der Waals surface area contributed by atoms with E-state index in [0.717, 1.165) is 24.7 Å².